The maximum absolute atomic E-state index is 12.0. The number of rotatable bonds is 6. The van der Waals surface area contributed by atoms with Crippen LogP contribution in [0, 0.1) is 0 Å². The zero-order valence-corrected chi connectivity index (χ0v) is 16.5. The van der Waals surface area contributed by atoms with Crippen LogP contribution in [0.2, 0.25) is 0 Å². The summed E-state index contributed by atoms with van der Waals surface area (Å²) in [4.78, 5) is 24.0. The molecule has 1 amide bonds. The SMILES string of the molecule is O=C(/C=C/c1ccco1)Oc1cc(Br)cc(/C=N/NC(=O)c2ccccc2O)c1. The molecule has 0 aliphatic heterocycles. The number of furan rings is 1. The molecule has 0 spiro atoms. The number of carbonyl (C=O) groups is 2. The Morgan fingerprint density at radius 2 is 1.97 bits per heavy atom. The van der Waals surface area contributed by atoms with E-state index in [-0.39, 0.29) is 11.3 Å². The fourth-order valence-electron chi connectivity index (χ4n) is 2.30. The molecule has 0 fully saturated rings. The highest BCUT2D eigenvalue weighted by Gasteiger charge is 2.09. The Bertz CT molecular complexity index is 1070. The lowest BCUT2D eigenvalue weighted by Gasteiger charge is -2.04. The Kier molecular flexibility index (Phi) is 6.59. The van der Waals surface area contributed by atoms with Gasteiger partial charge in [-0.05, 0) is 54.1 Å². The standard InChI is InChI=1S/C21H15BrN2O5/c22-15-10-14(13-23-24-21(27)18-5-1-2-6-19(18)25)11-17(12-15)29-20(26)8-7-16-4-3-9-28-16/h1-13,25H,(H,24,27)/b8-7+,23-13+. The lowest BCUT2D eigenvalue weighted by Crippen LogP contribution is -2.17. The highest BCUT2D eigenvalue weighted by atomic mass is 79.9. The first-order valence-corrected chi connectivity index (χ1v) is 9.16. The first-order valence-electron chi connectivity index (χ1n) is 8.36. The summed E-state index contributed by atoms with van der Waals surface area (Å²) in [7, 11) is 0. The molecule has 29 heavy (non-hydrogen) atoms. The Morgan fingerprint density at radius 1 is 1.14 bits per heavy atom. The van der Waals surface area contributed by atoms with Crippen LogP contribution in [-0.2, 0) is 4.79 Å². The van der Waals surface area contributed by atoms with Crippen molar-refractivity contribution in [1.29, 1.82) is 0 Å². The van der Waals surface area contributed by atoms with Crippen LogP contribution in [0.5, 0.6) is 11.5 Å². The van der Waals surface area contributed by atoms with Crippen LogP contribution in [0.3, 0.4) is 0 Å². The predicted octanol–water partition coefficient (Wildman–Crippen LogP) is 4.13. The molecule has 0 aliphatic carbocycles. The van der Waals surface area contributed by atoms with Crippen LogP contribution in [0.25, 0.3) is 6.08 Å². The number of esters is 1. The van der Waals surface area contributed by atoms with Gasteiger partial charge in [0.25, 0.3) is 5.91 Å². The number of hydrogen-bond donors (Lipinski definition) is 2. The smallest absolute Gasteiger partial charge is 0.336 e. The fraction of sp³-hybridized carbons (Fsp3) is 0. The van der Waals surface area contributed by atoms with Gasteiger partial charge >= 0.3 is 5.97 Å². The van der Waals surface area contributed by atoms with Gasteiger partial charge in [-0.2, -0.15) is 5.10 Å². The van der Waals surface area contributed by atoms with E-state index in [9.17, 15) is 14.7 Å². The Balaban J connectivity index is 1.64. The number of carbonyl (C=O) groups excluding carboxylic acids is 2. The van der Waals surface area contributed by atoms with Gasteiger partial charge in [-0.1, -0.05) is 28.1 Å². The van der Waals surface area contributed by atoms with Gasteiger partial charge in [-0.25, -0.2) is 10.2 Å². The normalized spacial score (nSPS) is 11.1. The van der Waals surface area contributed by atoms with Gasteiger partial charge in [0.05, 0.1) is 18.0 Å². The molecule has 0 atom stereocenters. The molecule has 1 aromatic heterocycles. The van der Waals surface area contributed by atoms with Gasteiger partial charge in [0.1, 0.15) is 17.3 Å². The summed E-state index contributed by atoms with van der Waals surface area (Å²) in [5.74, 6) is -0.440. The molecule has 1 heterocycles. The molecular formula is C21H15BrN2O5. The lowest BCUT2D eigenvalue weighted by atomic mass is 10.2. The van der Waals surface area contributed by atoms with Crippen molar-refractivity contribution >= 4 is 40.1 Å². The number of benzene rings is 2. The van der Waals surface area contributed by atoms with E-state index in [4.69, 9.17) is 9.15 Å². The quantitative estimate of drug-likeness (QED) is 0.191. The third-order valence-corrected chi connectivity index (χ3v) is 4.03. The number of nitrogens with one attached hydrogen (secondary N) is 1. The monoisotopic (exact) mass is 454 g/mol. The zero-order chi connectivity index (χ0) is 20.6. The van der Waals surface area contributed by atoms with Crippen molar-refractivity contribution in [3.63, 3.8) is 0 Å². The maximum Gasteiger partial charge on any atom is 0.336 e. The van der Waals surface area contributed by atoms with Crippen LogP contribution in [-0.4, -0.2) is 23.2 Å². The molecular weight excluding hydrogens is 440 g/mol. The number of para-hydroxylation sites is 1. The summed E-state index contributed by atoms with van der Waals surface area (Å²) in [6, 6.07) is 14.5. The van der Waals surface area contributed by atoms with Gasteiger partial charge in [-0.3, -0.25) is 4.79 Å². The lowest BCUT2D eigenvalue weighted by molar-refractivity contribution is -0.128. The number of amides is 1. The van der Waals surface area contributed by atoms with E-state index in [1.807, 2.05) is 0 Å². The molecule has 3 rings (SSSR count). The number of nitrogens with zero attached hydrogens (tertiary/aromatic N) is 1. The molecule has 2 aromatic carbocycles. The summed E-state index contributed by atoms with van der Waals surface area (Å²) in [6.07, 6.45) is 5.64. The highest BCUT2D eigenvalue weighted by Crippen LogP contribution is 2.21. The molecule has 146 valence electrons. The van der Waals surface area contributed by atoms with E-state index >= 15 is 0 Å². The van der Waals surface area contributed by atoms with Gasteiger partial charge in [0, 0.05) is 10.5 Å². The van der Waals surface area contributed by atoms with Crippen LogP contribution in [0.15, 0.2) is 80.9 Å². The van der Waals surface area contributed by atoms with E-state index in [0.29, 0.717) is 21.5 Å². The minimum absolute atomic E-state index is 0.108. The molecule has 3 aromatic rings. The topological polar surface area (TPSA) is 101 Å². The van der Waals surface area contributed by atoms with Crippen molar-refractivity contribution in [3.8, 4) is 11.5 Å². The molecule has 0 saturated heterocycles. The van der Waals surface area contributed by atoms with Gasteiger partial charge in [-0.15, -0.1) is 0 Å². The molecule has 0 bridgehead atoms. The molecule has 0 aliphatic rings. The number of phenols is 1. The summed E-state index contributed by atoms with van der Waals surface area (Å²) < 4.78 is 11.0. The largest absolute Gasteiger partial charge is 0.507 e. The van der Waals surface area contributed by atoms with Crippen molar-refractivity contribution in [1.82, 2.24) is 5.43 Å². The van der Waals surface area contributed by atoms with E-state index in [1.165, 1.54) is 36.8 Å². The summed E-state index contributed by atoms with van der Waals surface area (Å²) in [5, 5.41) is 13.5. The van der Waals surface area contributed by atoms with Crippen molar-refractivity contribution in [2.45, 2.75) is 0 Å². The van der Waals surface area contributed by atoms with Crippen LogP contribution in [0.4, 0.5) is 0 Å². The zero-order valence-electron chi connectivity index (χ0n) is 14.9. The molecule has 0 radical (unpaired) electrons. The second-order valence-corrected chi connectivity index (χ2v) is 6.62. The third kappa shape index (κ3) is 5.91. The fourth-order valence-corrected chi connectivity index (χ4v) is 2.79. The number of aromatic hydroxyl groups is 1. The Morgan fingerprint density at radius 3 is 2.72 bits per heavy atom. The van der Waals surface area contributed by atoms with Crippen molar-refractivity contribution in [2.24, 2.45) is 5.10 Å². The second kappa shape index (κ2) is 9.52. The van der Waals surface area contributed by atoms with E-state index in [1.54, 1.807) is 42.5 Å². The summed E-state index contributed by atoms with van der Waals surface area (Å²) in [6.45, 7) is 0. The first-order chi connectivity index (χ1) is 14.0. The summed E-state index contributed by atoms with van der Waals surface area (Å²) in [5.41, 5.74) is 3.02. The summed E-state index contributed by atoms with van der Waals surface area (Å²) >= 11 is 3.33. The number of hydrogen-bond acceptors (Lipinski definition) is 6. The van der Waals surface area contributed by atoms with Gasteiger partial charge in [0.2, 0.25) is 0 Å². The molecule has 0 saturated carbocycles. The van der Waals surface area contributed by atoms with E-state index in [0.717, 1.165) is 0 Å². The Labute approximate surface area is 174 Å². The average Bonchev–Trinajstić information content (AvgIpc) is 3.20. The van der Waals surface area contributed by atoms with Gasteiger partial charge < -0.3 is 14.3 Å². The number of halogens is 1. The minimum Gasteiger partial charge on any atom is -0.507 e. The minimum atomic E-state index is -0.574. The highest BCUT2D eigenvalue weighted by molar-refractivity contribution is 9.10. The van der Waals surface area contributed by atoms with Crippen LogP contribution < -0.4 is 10.2 Å². The third-order valence-electron chi connectivity index (χ3n) is 3.57. The average molecular weight is 455 g/mol. The first kappa shape index (κ1) is 20.1. The van der Waals surface area contributed by atoms with Crippen molar-refractivity contribution in [3.05, 3.63) is 88.3 Å². The van der Waals surface area contributed by atoms with Crippen molar-refractivity contribution < 1.29 is 23.8 Å². The molecule has 7 nitrogen and oxygen atoms in total. The number of hydrazone groups is 1. The van der Waals surface area contributed by atoms with Crippen molar-refractivity contribution in [2.75, 3.05) is 0 Å². The predicted molar refractivity (Wildman–Crippen MR) is 111 cm³/mol. The number of ether oxygens (including phenoxy) is 1. The number of phenolic OH excluding ortho intramolecular Hbond substituents is 1. The van der Waals surface area contributed by atoms with E-state index < -0.39 is 11.9 Å². The molecule has 2 N–H and O–H groups in total. The Hall–Kier alpha value is -3.65. The van der Waals surface area contributed by atoms with Crippen LogP contribution >= 0.6 is 15.9 Å². The second-order valence-electron chi connectivity index (χ2n) is 5.71. The van der Waals surface area contributed by atoms with Gasteiger partial charge in [0.15, 0.2) is 0 Å². The van der Waals surface area contributed by atoms with Crippen LogP contribution in [0.1, 0.15) is 21.7 Å². The van der Waals surface area contributed by atoms with E-state index in [2.05, 4.69) is 26.5 Å². The molecule has 8 heteroatoms. The molecule has 0 unspecified atom stereocenters. The maximum atomic E-state index is 12.0.